The Hall–Kier alpha value is -2.22. The molecule has 6 nitrogen and oxygen atoms in total. The van der Waals surface area contributed by atoms with Gasteiger partial charge in [0.25, 0.3) is 5.91 Å². The molecule has 0 saturated heterocycles. The number of methoxy groups -OCH3 is 1. The first-order valence-corrected chi connectivity index (χ1v) is 6.60. The second kappa shape index (κ2) is 8.85. The summed E-state index contributed by atoms with van der Waals surface area (Å²) in [6.45, 7) is 0.466. The standard InChI is InChI=1S/C13H16FN3O3S/c1-20-11(18)3-2-8-15-13(21)17-16-12(19)9-4-6-10(14)7-5-9/h4-7H,2-3,8H2,1H3,(H,16,19)(H2,15,17,21). The smallest absolute Gasteiger partial charge is 0.305 e. The highest BCUT2D eigenvalue weighted by atomic mass is 32.1. The predicted molar refractivity (Wildman–Crippen MR) is 78.9 cm³/mol. The highest BCUT2D eigenvalue weighted by Crippen LogP contribution is 2.01. The molecule has 0 saturated carbocycles. The van der Waals surface area contributed by atoms with Crippen LogP contribution in [0.15, 0.2) is 24.3 Å². The number of carbonyl (C=O) groups is 2. The Morgan fingerprint density at radius 2 is 1.90 bits per heavy atom. The molecule has 0 atom stereocenters. The SMILES string of the molecule is COC(=O)CCCNC(=S)NNC(=O)c1ccc(F)cc1. The van der Waals surface area contributed by atoms with Gasteiger partial charge in [-0.15, -0.1) is 0 Å². The first-order valence-electron chi connectivity index (χ1n) is 6.19. The van der Waals surface area contributed by atoms with E-state index in [1.807, 2.05) is 0 Å². The molecule has 8 heteroatoms. The van der Waals surface area contributed by atoms with Gasteiger partial charge in [0.05, 0.1) is 7.11 Å². The number of hydrogen-bond donors (Lipinski definition) is 3. The lowest BCUT2D eigenvalue weighted by molar-refractivity contribution is -0.140. The monoisotopic (exact) mass is 313 g/mol. The summed E-state index contributed by atoms with van der Waals surface area (Å²) in [6.07, 6.45) is 0.842. The Morgan fingerprint density at radius 1 is 1.24 bits per heavy atom. The van der Waals surface area contributed by atoms with E-state index in [2.05, 4.69) is 20.9 Å². The average molecular weight is 313 g/mol. The predicted octanol–water partition coefficient (Wildman–Crippen LogP) is 0.888. The second-order valence-corrected chi connectivity index (χ2v) is 4.43. The van der Waals surface area contributed by atoms with Crippen molar-refractivity contribution in [3.63, 3.8) is 0 Å². The molecule has 3 N–H and O–H groups in total. The molecular formula is C13H16FN3O3S. The van der Waals surface area contributed by atoms with Crippen LogP contribution < -0.4 is 16.2 Å². The molecule has 0 heterocycles. The minimum absolute atomic E-state index is 0.218. The van der Waals surface area contributed by atoms with E-state index in [9.17, 15) is 14.0 Å². The zero-order chi connectivity index (χ0) is 15.7. The molecule has 1 rings (SSSR count). The van der Waals surface area contributed by atoms with E-state index >= 15 is 0 Å². The van der Waals surface area contributed by atoms with Crippen molar-refractivity contribution >= 4 is 29.2 Å². The summed E-state index contributed by atoms with van der Waals surface area (Å²) in [7, 11) is 1.33. The lowest BCUT2D eigenvalue weighted by Crippen LogP contribution is -2.47. The fourth-order valence-electron chi connectivity index (χ4n) is 1.37. The van der Waals surface area contributed by atoms with Crippen LogP contribution >= 0.6 is 12.2 Å². The van der Waals surface area contributed by atoms with Crippen LogP contribution in [0.25, 0.3) is 0 Å². The minimum Gasteiger partial charge on any atom is -0.469 e. The molecular weight excluding hydrogens is 297 g/mol. The van der Waals surface area contributed by atoms with Gasteiger partial charge in [-0.05, 0) is 42.9 Å². The summed E-state index contributed by atoms with van der Waals surface area (Å²) in [6, 6.07) is 5.11. The van der Waals surface area contributed by atoms with Gasteiger partial charge in [0, 0.05) is 18.5 Å². The largest absolute Gasteiger partial charge is 0.469 e. The van der Waals surface area contributed by atoms with Gasteiger partial charge in [0.15, 0.2) is 5.11 Å². The van der Waals surface area contributed by atoms with Gasteiger partial charge in [-0.2, -0.15) is 0 Å². The van der Waals surface area contributed by atoms with Crippen molar-refractivity contribution < 1.29 is 18.7 Å². The average Bonchev–Trinajstić information content (AvgIpc) is 2.49. The first kappa shape index (κ1) is 16.8. The molecule has 1 aromatic carbocycles. The molecule has 114 valence electrons. The maximum Gasteiger partial charge on any atom is 0.305 e. The number of amides is 1. The summed E-state index contributed by atoms with van der Waals surface area (Å²) >= 11 is 4.94. The second-order valence-electron chi connectivity index (χ2n) is 4.02. The van der Waals surface area contributed by atoms with Crippen LogP contribution in [0.1, 0.15) is 23.2 Å². The number of nitrogens with one attached hydrogen (secondary N) is 3. The number of rotatable bonds is 5. The van der Waals surface area contributed by atoms with E-state index in [1.165, 1.54) is 31.4 Å². The van der Waals surface area contributed by atoms with Gasteiger partial charge in [-0.1, -0.05) is 0 Å². The number of halogens is 1. The van der Waals surface area contributed by atoms with Crippen molar-refractivity contribution in [1.29, 1.82) is 0 Å². The third-order valence-corrected chi connectivity index (χ3v) is 2.71. The molecule has 0 fully saturated rings. The van der Waals surface area contributed by atoms with E-state index in [0.717, 1.165) is 0 Å². The maximum absolute atomic E-state index is 12.7. The molecule has 0 aliphatic rings. The van der Waals surface area contributed by atoms with Crippen molar-refractivity contribution in [2.24, 2.45) is 0 Å². The van der Waals surface area contributed by atoms with E-state index in [1.54, 1.807) is 0 Å². The van der Waals surface area contributed by atoms with Crippen molar-refractivity contribution in [2.45, 2.75) is 12.8 Å². The van der Waals surface area contributed by atoms with Crippen molar-refractivity contribution in [3.05, 3.63) is 35.6 Å². The molecule has 0 aromatic heterocycles. The Kier molecular flexibility index (Phi) is 7.10. The van der Waals surface area contributed by atoms with Crippen molar-refractivity contribution in [1.82, 2.24) is 16.2 Å². The van der Waals surface area contributed by atoms with Crippen LogP contribution in [0.2, 0.25) is 0 Å². The van der Waals surface area contributed by atoms with E-state index in [0.29, 0.717) is 18.5 Å². The molecule has 0 aliphatic carbocycles. The zero-order valence-electron chi connectivity index (χ0n) is 11.4. The number of esters is 1. The lowest BCUT2D eigenvalue weighted by Gasteiger charge is -2.11. The summed E-state index contributed by atoms with van der Waals surface area (Å²) in [5.41, 5.74) is 5.18. The fourth-order valence-corrected chi connectivity index (χ4v) is 1.52. The molecule has 0 spiro atoms. The number of hydrogen-bond acceptors (Lipinski definition) is 4. The molecule has 1 amide bonds. The van der Waals surface area contributed by atoms with Gasteiger partial charge >= 0.3 is 5.97 Å². The zero-order valence-corrected chi connectivity index (χ0v) is 12.3. The van der Waals surface area contributed by atoms with Crippen molar-refractivity contribution in [2.75, 3.05) is 13.7 Å². The molecule has 1 aromatic rings. The highest BCUT2D eigenvalue weighted by molar-refractivity contribution is 7.80. The quantitative estimate of drug-likeness (QED) is 0.324. The van der Waals surface area contributed by atoms with Crippen LogP contribution in [-0.4, -0.2) is 30.6 Å². The van der Waals surface area contributed by atoms with E-state index in [-0.39, 0.29) is 17.5 Å². The molecule has 21 heavy (non-hydrogen) atoms. The third kappa shape index (κ3) is 6.66. The summed E-state index contributed by atoms with van der Waals surface area (Å²) in [5, 5.41) is 3.03. The molecule has 0 unspecified atom stereocenters. The van der Waals surface area contributed by atoms with Crippen LogP contribution in [0.4, 0.5) is 4.39 Å². The Morgan fingerprint density at radius 3 is 2.52 bits per heavy atom. The van der Waals surface area contributed by atoms with Crippen LogP contribution in [-0.2, 0) is 9.53 Å². The number of carbonyl (C=O) groups excluding carboxylic acids is 2. The summed E-state index contributed by atoms with van der Waals surface area (Å²) in [5.74, 6) is -1.14. The highest BCUT2D eigenvalue weighted by Gasteiger charge is 2.05. The van der Waals surface area contributed by atoms with Gasteiger partial charge in [-0.3, -0.25) is 20.4 Å². The van der Waals surface area contributed by atoms with Gasteiger partial charge in [0.1, 0.15) is 5.82 Å². The lowest BCUT2D eigenvalue weighted by atomic mass is 10.2. The number of thiocarbonyl (C=S) groups is 1. The van der Waals surface area contributed by atoms with Crippen molar-refractivity contribution in [3.8, 4) is 0 Å². The molecule has 0 bridgehead atoms. The van der Waals surface area contributed by atoms with E-state index in [4.69, 9.17) is 12.2 Å². The Balaban J connectivity index is 2.22. The first-order chi connectivity index (χ1) is 10.0. The van der Waals surface area contributed by atoms with Gasteiger partial charge < -0.3 is 10.1 Å². The van der Waals surface area contributed by atoms with Crippen LogP contribution in [0, 0.1) is 5.82 Å². The fraction of sp³-hybridized carbons (Fsp3) is 0.308. The Labute approximate surface area is 127 Å². The molecule has 0 aliphatic heterocycles. The summed E-state index contributed by atoms with van der Waals surface area (Å²) < 4.78 is 17.2. The number of hydrazine groups is 1. The summed E-state index contributed by atoms with van der Waals surface area (Å²) in [4.78, 5) is 22.5. The third-order valence-electron chi connectivity index (χ3n) is 2.47. The van der Waals surface area contributed by atoms with E-state index < -0.39 is 11.7 Å². The topological polar surface area (TPSA) is 79.5 Å². The number of benzene rings is 1. The normalized spacial score (nSPS) is 9.62. The van der Waals surface area contributed by atoms with Crippen LogP contribution in [0.5, 0.6) is 0 Å². The maximum atomic E-state index is 12.7. The molecule has 0 radical (unpaired) electrons. The van der Waals surface area contributed by atoms with Gasteiger partial charge in [0.2, 0.25) is 0 Å². The van der Waals surface area contributed by atoms with Crippen LogP contribution in [0.3, 0.4) is 0 Å². The van der Waals surface area contributed by atoms with Gasteiger partial charge in [-0.25, -0.2) is 4.39 Å². The minimum atomic E-state index is -0.436. The number of ether oxygens (including phenoxy) is 1. The Bertz CT molecular complexity index is 508.